The molecule has 0 saturated carbocycles. The number of aromatic nitrogens is 3. The normalized spacial score (nSPS) is 25.3. The van der Waals surface area contributed by atoms with Gasteiger partial charge in [-0.15, -0.1) is 0 Å². The Hall–Kier alpha value is -1.67. The molecule has 0 aliphatic carbocycles. The summed E-state index contributed by atoms with van der Waals surface area (Å²) in [6.45, 7) is 3.33. The zero-order valence-electron chi connectivity index (χ0n) is 13.1. The molecule has 2 fully saturated rings. The van der Waals surface area contributed by atoms with Crippen LogP contribution in [-0.2, 0) is 10.0 Å². The first-order chi connectivity index (χ1) is 11.1. The maximum Gasteiger partial charge on any atom is 0.214 e. The zero-order valence-corrected chi connectivity index (χ0v) is 14.0. The Bertz CT molecular complexity index is 804. The van der Waals surface area contributed by atoms with E-state index in [4.69, 9.17) is 0 Å². The molecular weight excluding hydrogens is 314 g/mol. The van der Waals surface area contributed by atoms with Gasteiger partial charge in [-0.1, -0.05) is 6.92 Å². The molecule has 2 aliphatic rings. The van der Waals surface area contributed by atoms with Crippen LogP contribution >= 0.6 is 0 Å². The molecule has 124 valence electrons. The highest BCUT2D eigenvalue weighted by molar-refractivity contribution is 7.89. The monoisotopic (exact) mass is 335 g/mol. The van der Waals surface area contributed by atoms with Crippen molar-refractivity contribution in [3.63, 3.8) is 0 Å². The summed E-state index contributed by atoms with van der Waals surface area (Å²) in [7, 11) is -3.14. The maximum absolute atomic E-state index is 12.5. The number of piperazine rings is 1. The van der Waals surface area contributed by atoms with Crippen LogP contribution < -0.4 is 4.90 Å². The molecule has 1 N–H and O–H groups in total. The third-order valence-electron chi connectivity index (χ3n) is 4.83. The molecule has 4 heterocycles. The van der Waals surface area contributed by atoms with Crippen LogP contribution in [0.4, 0.5) is 5.82 Å². The third kappa shape index (κ3) is 2.40. The summed E-state index contributed by atoms with van der Waals surface area (Å²) >= 11 is 0. The van der Waals surface area contributed by atoms with E-state index in [0.717, 1.165) is 29.7 Å². The van der Waals surface area contributed by atoms with E-state index >= 15 is 0 Å². The number of fused-ring (bicyclic) bond motifs is 3. The lowest BCUT2D eigenvalue weighted by Gasteiger charge is -2.40. The van der Waals surface area contributed by atoms with Crippen molar-refractivity contribution >= 4 is 26.9 Å². The molecule has 23 heavy (non-hydrogen) atoms. The smallest absolute Gasteiger partial charge is 0.214 e. The third-order valence-corrected chi connectivity index (χ3v) is 6.99. The van der Waals surface area contributed by atoms with Gasteiger partial charge in [-0.05, 0) is 25.3 Å². The number of aromatic amines is 1. The predicted molar refractivity (Wildman–Crippen MR) is 88.8 cm³/mol. The van der Waals surface area contributed by atoms with Crippen LogP contribution in [0, 0.1) is 0 Å². The van der Waals surface area contributed by atoms with E-state index in [9.17, 15) is 8.42 Å². The summed E-state index contributed by atoms with van der Waals surface area (Å²) in [5.74, 6) is 1.15. The van der Waals surface area contributed by atoms with Gasteiger partial charge in [0, 0.05) is 31.4 Å². The standard InChI is InChI=1S/C15H21N5O2S/c1-2-7-23(21,22)20-11-3-4-12(20)9-19(8-11)15-13-5-6-16-14(13)17-10-18-15/h5-6,10-12H,2-4,7-9H2,1H3,(H,16,17,18)/t11-,12+. The minimum atomic E-state index is -3.14. The van der Waals surface area contributed by atoms with Crippen molar-refractivity contribution in [1.82, 2.24) is 19.3 Å². The van der Waals surface area contributed by atoms with Gasteiger partial charge in [0.25, 0.3) is 0 Å². The highest BCUT2D eigenvalue weighted by Crippen LogP contribution is 2.36. The molecule has 2 bridgehead atoms. The fraction of sp³-hybridized carbons (Fsp3) is 0.600. The molecule has 4 rings (SSSR count). The van der Waals surface area contributed by atoms with Crippen molar-refractivity contribution in [2.45, 2.75) is 38.3 Å². The Morgan fingerprint density at radius 3 is 2.70 bits per heavy atom. The van der Waals surface area contributed by atoms with E-state index in [1.54, 1.807) is 10.6 Å². The van der Waals surface area contributed by atoms with Gasteiger partial charge in [0.1, 0.15) is 17.8 Å². The molecule has 0 radical (unpaired) electrons. The number of nitrogens with one attached hydrogen (secondary N) is 1. The molecule has 2 aromatic rings. The minimum absolute atomic E-state index is 0.0641. The second-order valence-corrected chi connectivity index (χ2v) is 8.37. The van der Waals surface area contributed by atoms with Gasteiger partial charge in [0.2, 0.25) is 10.0 Å². The number of rotatable bonds is 4. The molecule has 2 atom stereocenters. The quantitative estimate of drug-likeness (QED) is 0.912. The molecule has 0 spiro atoms. The van der Waals surface area contributed by atoms with E-state index in [1.807, 2.05) is 19.2 Å². The SMILES string of the molecule is CCCS(=O)(=O)N1[C@@H]2CC[C@H]1CN(c1ncnc3[nH]ccc13)C2. The van der Waals surface area contributed by atoms with E-state index in [2.05, 4.69) is 19.9 Å². The van der Waals surface area contributed by atoms with Crippen molar-refractivity contribution in [2.75, 3.05) is 23.7 Å². The Morgan fingerprint density at radius 2 is 2.00 bits per heavy atom. The van der Waals surface area contributed by atoms with Crippen molar-refractivity contribution in [1.29, 1.82) is 0 Å². The first-order valence-corrected chi connectivity index (χ1v) is 9.75. The highest BCUT2D eigenvalue weighted by Gasteiger charge is 2.46. The molecule has 0 aromatic carbocycles. The zero-order chi connectivity index (χ0) is 16.0. The highest BCUT2D eigenvalue weighted by atomic mass is 32.2. The summed E-state index contributed by atoms with van der Waals surface area (Å²) in [5.41, 5.74) is 0.823. The Morgan fingerprint density at radius 1 is 1.26 bits per heavy atom. The van der Waals surface area contributed by atoms with Gasteiger partial charge >= 0.3 is 0 Å². The summed E-state index contributed by atoms with van der Waals surface area (Å²) in [6.07, 6.45) is 5.96. The van der Waals surface area contributed by atoms with Crippen molar-refractivity contribution in [3.8, 4) is 0 Å². The fourth-order valence-corrected chi connectivity index (χ4v) is 5.94. The van der Waals surface area contributed by atoms with E-state index in [1.165, 1.54) is 0 Å². The van der Waals surface area contributed by atoms with Gasteiger partial charge < -0.3 is 9.88 Å². The van der Waals surface area contributed by atoms with Crippen LogP contribution in [0.3, 0.4) is 0 Å². The molecule has 0 amide bonds. The van der Waals surface area contributed by atoms with Crippen LogP contribution in [0.25, 0.3) is 11.0 Å². The Balaban J connectivity index is 1.64. The average Bonchev–Trinajstić information content (AvgIpc) is 3.10. The number of hydrogen-bond donors (Lipinski definition) is 1. The summed E-state index contributed by atoms with van der Waals surface area (Å²) in [4.78, 5) is 14.0. The topological polar surface area (TPSA) is 82.2 Å². The number of nitrogens with zero attached hydrogens (tertiary/aromatic N) is 4. The van der Waals surface area contributed by atoms with E-state index in [-0.39, 0.29) is 17.8 Å². The predicted octanol–water partition coefficient (Wildman–Crippen LogP) is 1.35. The number of H-pyrrole nitrogens is 1. The van der Waals surface area contributed by atoms with Crippen molar-refractivity contribution in [2.24, 2.45) is 0 Å². The molecule has 2 aromatic heterocycles. The first kappa shape index (κ1) is 14.9. The summed E-state index contributed by atoms with van der Waals surface area (Å²) in [6, 6.07) is 2.11. The van der Waals surface area contributed by atoms with Gasteiger partial charge in [-0.25, -0.2) is 18.4 Å². The van der Waals surface area contributed by atoms with Crippen LogP contribution in [0.1, 0.15) is 26.2 Å². The Kier molecular flexibility index (Phi) is 3.53. The second-order valence-electron chi connectivity index (χ2n) is 6.37. The van der Waals surface area contributed by atoms with Gasteiger partial charge in [0.05, 0.1) is 11.1 Å². The van der Waals surface area contributed by atoms with Crippen LogP contribution in [0.15, 0.2) is 18.6 Å². The largest absolute Gasteiger partial charge is 0.353 e. The lowest BCUT2D eigenvalue weighted by atomic mass is 10.2. The van der Waals surface area contributed by atoms with Gasteiger partial charge in [0.15, 0.2) is 0 Å². The van der Waals surface area contributed by atoms with Crippen LogP contribution in [-0.4, -0.2) is 58.6 Å². The average molecular weight is 335 g/mol. The summed E-state index contributed by atoms with van der Waals surface area (Å²) < 4.78 is 26.9. The fourth-order valence-electron chi connectivity index (χ4n) is 3.97. The molecule has 8 heteroatoms. The minimum Gasteiger partial charge on any atom is -0.353 e. The molecule has 7 nitrogen and oxygen atoms in total. The van der Waals surface area contributed by atoms with Crippen molar-refractivity contribution in [3.05, 3.63) is 18.6 Å². The number of sulfonamides is 1. The lowest BCUT2D eigenvalue weighted by molar-refractivity contribution is 0.286. The molecular formula is C15H21N5O2S. The first-order valence-electron chi connectivity index (χ1n) is 8.14. The van der Waals surface area contributed by atoms with Gasteiger partial charge in [-0.2, -0.15) is 4.31 Å². The van der Waals surface area contributed by atoms with Gasteiger partial charge in [-0.3, -0.25) is 0 Å². The maximum atomic E-state index is 12.5. The molecule has 2 saturated heterocycles. The summed E-state index contributed by atoms with van der Waals surface area (Å²) in [5, 5.41) is 0.997. The van der Waals surface area contributed by atoms with Crippen molar-refractivity contribution < 1.29 is 8.42 Å². The van der Waals surface area contributed by atoms with Crippen LogP contribution in [0.5, 0.6) is 0 Å². The van der Waals surface area contributed by atoms with Crippen LogP contribution in [0.2, 0.25) is 0 Å². The molecule has 0 unspecified atom stereocenters. The number of anilines is 1. The number of hydrogen-bond acceptors (Lipinski definition) is 5. The van der Waals surface area contributed by atoms with E-state index in [0.29, 0.717) is 19.5 Å². The lowest BCUT2D eigenvalue weighted by Crippen LogP contribution is -2.56. The second kappa shape index (κ2) is 5.45. The Labute approximate surface area is 135 Å². The van der Waals surface area contributed by atoms with E-state index < -0.39 is 10.0 Å². The molecule has 2 aliphatic heterocycles.